The summed E-state index contributed by atoms with van der Waals surface area (Å²) in [5.74, 6) is 1.33. The van der Waals surface area contributed by atoms with Gasteiger partial charge in [-0.1, -0.05) is 0 Å². The summed E-state index contributed by atoms with van der Waals surface area (Å²) < 4.78 is 5.65. The predicted molar refractivity (Wildman–Crippen MR) is 94.1 cm³/mol. The molecule has 0 radical (unpaired) electrons. The summed E-state index contributed by atoms with van der Waals surface area (Å²) in [6.07, 6.45) is 2.99. The van der Waals surface area contributed by atoms with Gasteiger partial charge in [0.05, 0.1) is 13.2 Å². The molecule has 1 N–H and O–H groups in total. The van der Waals surface area contributed by atoms with Crippen molar-refractivity contribution in [2.45, 2.75) is 19.3 Å². The van der Waals surface area contributed by atoms with E-state index in [2.05, 4.69) is 24.3 Å². The van der Waals surface area contributed by atoms with Gasteiger partial charge in [0.25, 0.3) is 0 Å². The van der Waals surface area contributed by atoms with Crippen LogP contribution in [0.5, 0.6) is 0 Å². The van der Waals surface area contributed by atoms with Gasteiger partial charge in [-0.05, 0) is 45.9 Å². The summed E-state index contributed by atoms with van der Waals surface area (Å²) in [6.45, 7) is 6.17. The maximum absolute atomic E-state index is 12.5. The van der Waals surface area contributed by atoms with Crippen molar-refractivity contribution in [2.24, 2.45) is 11.8 Å². The van der Waals surface area contributed by atoms with Crippen molar-refractivity contribution in [3.8, 4) is 0 Å². The van der Waals surface area contributed by atoms with E-state index in [1.165, 1.54) is 0 Å². The predicted octanol–water partition coefficient (Wildman–Crippen LogP) is 1.26. The van der Waals surface area contributed by atoms with Crippen LogP contribution in [-0.2, 0) is 9.53 Å². The van der Waals surface area contributed by atoms with Crippen molar-refractivity contribution in [3.63, 3.8) is 0 Å². The highest BCUT2D eigenvalue weighted by molar-refractivity contribution is 5.85. The summed E-state index contributed by atoms with van der Waals surface area (Å²) in [7, 11) is 4.15. The lowest BCUT2D eigenvalue weighted by Gasteiger charge is -2.28. The number of carbonyl (C=O) groups excluding carboxylic acids is 1. The van der Waals surface area contributed by atoms with E-state index in [1.807, 2.05) is 4.90 Å². The third-order valence-electron chi connectivity index (χ3n) is 4.24. The first-order valence-electron chi connectivity index (χ1n) is 7.86. The number of carbonyl (C=O) groups is 1. The van der Waals surface area contributed by atoms with E-state index in [-0.39, 0.29) is 24.8 Å². The number of amides is 1. The molecule has 2 aliphatic rings. The number of nitrogens with zero attached hydrogens (tertiary/aromatic N) is 2. The van der Waals surface area contributed by atoms with Crippen molar-refractivity contribution in [3.05, 3.63) is 0 Å². The molecule has 2 fully saturated rings. The Labute approximate surface area is 146 Å². The number of halogens is 2. The maximum atomic E-state index is 12.5. The molecule has 0 saturated carbocycles. The van der Waals surface area contributed by atoms with Crippen LogP contribution >= 0.6 is 24.8 Å². The van der Waals surface area contributed by atoms with Crippen molar-refractivity contribution < 1.29 is 9.53 Å². The zero-order chi connectivity index (χ0) is 14.4. The Morgan fingerprint density at radius 1 is 1.23 bits per heavy atom. The highest BCUT2D eigenvalue weighted by atomic mass is 35.5. The van der Waals surface area contributed by atoms with Gasteiger partial charge in [0.1, 0.15) is 0 Å². The molecule has 2 rings (SSSR count). The molecular formula is C15H31Cl2N3O2. The number of piperidine rings is 1. The van der Waals surface area contributed by atoms with Crippen LogP contribution in [0.1, 0.15) is 19.3 Å². The van der Waals surface area contributed by atoms with Crippen LogP contribution in [-0.4, -0.2) is 75.7 Å². The van der Waals surface area contributed by atoms with Crippen LogP contribution in [0.4, 0.5) is 0 Å². The molecule has 1 unspecified atom stereocenters. The summed E-state index contributed by atoms with van der Waals surface area (Å²) in [5.41, 5.74) is 0. The Hall–Kier alpha value is -0.0700. The minimum Gasteiger partial charge on any atom is -0.379 e. The van der Waals surface area contributed by atoms with Gasteiger partial charge >= 0.3 is 0 Å². The summed E-state index contributed by atoms with van der Waals surface area (Å²) in [5, 5.41) is 3.36. The molecule has 132 valence electrons. The second-order valence-corrected chi connectivity index (χ2v) is 6.44. The first kappa shape index (κ1) is 21.9. The number of hydrogen-bond acceptors (Lipinski definition) is 4. The van der Waals surface area contributed by atoms with E-state index in [9.17, 15) is 4.79 Å². The van der Waals surface area contributed by atoms with Gasteiger partial charge in [0.15, 0.2) is 0 Å². The molecule has 2 saturated heterocycles. The molecule has 2 aliphatic heterocycles. The topological polar surface area (TPSA) is 44.8 Å². The van der Waals surface area contributed by atoms with Crippen molar-refractivity contribution in [2.75, 3.05) is 60.0 Å². The third kappa shape index (κ3) is 7.47. The fraction of sp³-hybridized carbons (Fsp3) is 0.933. The van der Waals surface area contributed by atoms with Gasteiger partial charge in [0, 0.05) is 32.0 Å². The third-order valence-corrected chi connectivity index (χ3v) is 4.24. The monoisotopic (exact) mass is 355 g/mol. The number of nitrogens with one attached hydrogen (secondary N) is 1. The van der Waals surface area contributed by atoms with E-state index in [1.54, 1.807) is 0 Å². The smallest absolute Gasteiger partial charge is 0.222 e. The SMILES string of the molecule is CN(C)CC1COCCN(C(=O)CC2CCNCC2)C1.Cl.Cl. The molecule has 7 heteroatoms. The van der Waals surface area contributed by atoms with Crippen LogP contribution < -0.4 is 5.32 Å². The van der Waals surface area contributed by atoms with E-state index < -0.39 is 0 Å². The Morgan fingerprint density at radius 2 is 1.91 bits per heavy atom. The number of ether oxygens (including phenoxy) is 1. The molecular weight excluding hydrogens is 325 g/mol. The normalized spacial score (nSPS) is 23.4. The average molecular weight is 356 g/mol. The fourth-order valence-corrected chi connectivity index (χ4v) is 3.20. The van der Waals surface area contributed by atoms with E-state index in [4.69, 9.17) is 4.74 Å². The average Bonchev–Trinajstić information content (AvgIpc) is 2.65. The highest BCUT2D eigenvalue weighted by Crippen LogP contribution is 2.18. The Balaban J connectivity index is 0.00000220. The summed E-state index contributed by atoms with van der Waals surface area (Å²) in [6, 6.07) is 0. The molecule has 0 aliphatic carbocycles. The molecule has 0 aromatic rings. The zero-order valence-corrected chi connectivity index (χ0v) is 15.4. The molecule has 22 heavy (non-hydrogen) atoms. The fourth-order valence-electron chi connectivity index (χ4n) is 3.20. The lowest BCUT2D eigenvalue weighted by atomic mass is 9.94. The maximum Gasteiger partial charge on any atom is 0.222 e. The Bertz CT molecular complexity index is 313. The van der Waals surface area contributed by atoms with E-state index >= 15 is 0 Å². The van der Waals surface area contributed by atoms with Crippen LogP contribution in [0.15, 0.2) is 0 Å². The van der Waals surface area contributed by atoms with Gasteiger partial charge in [0.2, 0.25) is 5.91 Å². The van der Waals surface area contributed by atoms with Gasteiger partial charge in [-0.15, -0.1) is 24.8 Å². The minimum atomic E-state index is 0. The highest BCUT2D eigenvalue weighted by Gasteiger charge is 2.25. The molecule has 0 aromatic heterocycles. The minimum absolute atomic E-state index is 0. The second-order valence-electron chi connectivity index (χ2n) is 6.44. The van der Waals surface area contributed by atoms with Gasteiger partial charge in [-0.3, -0.25) is 4.79 Å². The van der Waals surface area contributed by atoms with Crippen LogP contribution in [0.3, 0.4) is 0 Å². The Morgan fingerprint density at radius 3 is 2.55 bits per heavy atom. The summed E-state index contributed by atoms with van der Waals surface area (Å²) >= 11 is 0. The summed E-state index contributed by atoms with van der Waals surface area (Å²) in [4.78, 5) is 16.7. The molecule has 0 bridgehead atoms. The van der Waals surface area contributed by atoms with Crippen molar-refractivity contribution in [1.29, 1.82) is 0 Å². The van der Waals surface area contributed by atoms with E-state index in [0.717, 1.165) is 58.6 Å². The zero-order valence-electron chi connectivity index (χ0n) is 13.8. The van der Waals surface area contributed by atoms with Crippen LogP contribution in [0, 0.1) is 11.8 Å². The van der Waals surface area contributed by atoms with Crippen molar-refractivity contribution in [1.82, 2.24) is 15.1 Å². The molecule has 5 nitrogen and oxygen atoms in total. The lowest BCUT2D eigenvalue weighted by molar-refractivity contribution is -0.132. The van der Waals surface area contributed by atoms with Crippen LogP contribution in [0.2, 0.25) is 0 Å². The van der Waals surface area contributed by atoms with Gasteiger partial charge in [-0.2, -0.15) is 0 Å². The lowest BCUT2D eigenvalue weighted by Crippen LogP contribution is -2.40. The number of hydrogen-bond donors (Lipinski definition) is 1. The quantitative estimate of drug-likeness (QED) is 0.824. The molecule has 1 amide bonds. The second kappa shape index (κ2) is 11.5. The molecule has 2 heterocycles. The Kier molecular flexibility index (Phi) is 11.4. The van der Waals surface area contributed by atoms with Gasteiger partial charge in [-0.25, -0.2) is 0 Å². The van der Waals surface area contributed by atoms with Gasteiger partial charge < -0.3 is 19.9 Å². The first-order valence-corrected chi connectivity index (χ1v) is 7.86. The first-order chi connectivity index (χ1) is 9.65. The molecule has 0 aromatic carbocycles. The van der Waals surface area contributed by atoms with Crippen molar-refractivity contribution >= 4 is 30.7 Å². The largest absolute Gasteiger partial charge is 0.379 e. The molecule has 1 atom stereocenters. The van der Waals surface area contributed by atoms with E-state index in [0.29, 0.717) is 24.3 Å². The molecule has 0 spiro atoms. The van der Waals surface area contributed by atoms with Crippen LogP contribution in [0.25, 0.3) is 0 Å². The number of rotatable bonds is 4. The standard InChI is InChI=1S/C15H29N3O2.2ClH/c1-17(2)10-14-11-18(7-8-20-12-14)15(19)9-13-3-5-16-6-4-13;;/h13-14,16H,3-12H2,1-2H3;2*1H.